The van der Waals surface area contributed by atoms with Gasteiger partial charge in [0.25, 0.3) is 0 Å². The zero-order chi connectivity index (χ0) is 14.4. The first-order valence-corrected chi connectivity index (χ1v) is 6.54. The molecule has 0 aliphatic rings. The lowest BCUT2D eigenvalue weighted by atomic mass is 10.1. The molecule has 106 valence electrons. The summed E-state index contributed by atoms with van der Waals surface area (Å²) in [4.78, 5) is 16.9. The summed E-state index contributed by atoms with van der Waals surface area (Å²) < 4.78 is 12.9. The van der Waals surface area contributed by atoms with E-state index in [9.17, 15) is 9.18 Å². The van der Waals surface area contributed by atoms with Crippen LogP contribution in [0.15, 0.2) is 18.3 Å². The molecule has 1 aromatic heterocycles. The van der Waals surface area contributed by atoms with Crippen LogP contribution in [0.1, 0.15) is 45.3 Å². The number of aliphatic carboxylic acids is 1. The van der Waals surface area contributed by atoms with Crippen LogP contribution in [0.4, 0.5) is 4.39 Å². The number of carboxylic acids is 1. The summed E-state index contributed by atoms with van der Waals surface area (Å²) in [7, 11) is 0. The number of pyridine rings is 1. The molecule has 0 saturated carbocycles. The van der Waals surface area contributed by atoms with E-state index in [0.29, 0.717) is 6.54 Å². The van der Waals surface area contributed by atoms with Crippen LogP contribution in [-0.4, -0.2) is 33.5 Å². The Labute approximate surface area is 113 Å². The number of halogens is 1. The Morgan fingerprint density at radius 2 is 2.16 bits per heavy atom. The molecular formula is C14H21FN2O2. The molecule has 0 aromatic carbocycles. The zero-order valence-electron chi connectivity index (χ0n) is 11.6. The highest BCUT2D eigenvalue weighted by molar-refractivity contribution is 5.66. The number of aromatic nitrogens is 1. The maximum Gasteiger partial charge on any atom is 0.304 e. The van der Waals surface area contributed by atoms with E-state index in [-0.39, 0.29) is 24.3 Å². The van der Waals surface area contributed by atoms with Crippen molar-refractivity contribution in [2.24, 2.45) is 0 Å². The first-order valence-electron chi connectivity index (χ1n) is 6.54. The zero-order valence-corrected chi connectivity index (χ0v) is 11.6. The van der Waals surface area contributed by atoms with Crippen LogP contribution in [0, 0.1) is 5.82 Å². The third kappa shape index (κ3) is 4.59. The average molecular weight is 268 g/mol. The highest BCUT2D eigenvalue weighted by Crippen LogP contribution is 2.25. The van der Waals surface area contributed by atoms with E-state index in [2.05, 4.69) is 9.88 Å². The van der Waals surface area contributed by atoms with Crippen LogP contribution in [0.25, 0.3) is 0 Å². The molecule has 1 aromatic rings. The second-order valence-corrected chi connectivity index (χ2v) is 4.80. The van der Waals surface area contributed by atoms with Crippen LogP contribution in [0.3, 0.4) is 0 Å². The maximum absolute atomic E-state index is 12.9. The van der Waals surface area contributed by atoms with Crippen molar-refractivity contribution in [2.45, 2.75) is 45.7 Å². The molecule has 0 spiro atoms. The predicted molar refractivity (Wildman–Crippen MR) is 71.3 cm³/mol. The third-order valence-electron chi connectivity index (χ3n) is 3.13. The van der Waals surface area contributed by atoms with E-state index in [0.717, 1.165) is 12.1 Å². The monoisotopic (exact) mass is 268 g/mol. The van der Waals surface area contributed by atoms with Gasteiger partial charge in [0.2, 0.25) is 0 Å². The van der Waals surface area contributed by atoms with Crippen molar-refractivity contribution >= 4 is 5.97 Å². The van der Waals surface area contributed by atoms with Crippen molar-refractivity contribution in [1.29, 1.82) is 0 Å². The van der Waals surface area contributed by atoms with Gasteiger partial charge in [-0.1, -0.05) is 6.92 Å². The molecule has 1 N–H and O–H groups in total. The number of hydrogen-bond acceptors (Lipinski definition) is 3. The maximum atomic E-state index is 12.9. The standard InChI is InChI=1S/C14H21FN2O2/c1-4-13(12-6-5-11(15)9-16-12)17(10(2)3)8-7-14(18)19/h5-6,9-10,13H,4,7-8H2,1-3H3,(H,18,19). The highest BCUT2D eigenvalue weighted by atomic mass is 19.1. The van der Waals surface area contributed by atoms with Crippen LogP contribution >= 0.6 is 0 Å². The summed E-state index contributed by atoms with van der Waals surface area (Å²) >= 11 is 0. The Kier molecular flexibility index (Phi) is 5.89. The molecule has 0 saturated heterocycles. The van der Waals surface area contributed by atoms with Crippen molar-refractivity contribution < 1.29 is 14.3 Å². The third-order valence-corrected chi connectivity index (χ3v) is 3.13. The molecule has 0 aliphatic heterocycles. The summed E-state index contributed by atoms with van der Waals surface area (Å²) in [6, 6.07) is 3.27. The van der Waals surface area contributed by atoms with E-state index in [1.807, 2.05) is 20.8 Å². The lowest BCUT2D eigenvalue weighted by Crippen LogP contribution is -2.36. The van der Waals surface area contributed by atoms with E-state index in [4.69, 9.17) is 5.11 Å². The second-order valence-electron chi connectivity index (χ2n) is 4.80. The van der Waals surface area contributed by atoms with Gasteiger partial charge in [0, 0.05) is 12.6 Å². The van der Waals surface area contributed by atoms with Crippen molar-refractivity contribution in [3.63, 3.8) is 0 Å². The summed E-state index contributed by atoms with van der Waals surface area (Å²) in [5.74, 6) is -1.17. The molecule has 0 radical (unpaired) electrons. The van der Waals surface area contributed by atoms with Gasteiger partial charge in [-0.05, 0) is 32.4 Å². The minimum Gasteiger partial charge on any atom is -0.481 e. The van der Waals surface area contributed by atoms with Gasteiger partial charge in [0.05, 0.1) is 24.4 Å². The lowest BCUT2D eigenvalue weighted by Gasteiger charge is -2.33. The Morgan fingerprint density at radius 3 is 2.58 bits per heavy atom. The molecule has 1 heterocycles. The van der Waals surface area contributed by atoms with Crippen LogP contribution in [-0.2, 0) is 4.79 Å². The summed E-state index contributed by atoms with van der Waals surface area (Å²) in [6.45, 7) is 6.53. The first kappa shape index (κ1) is 15.6. The smallest absolute Gasteiger partial charge is 0.304 e. The van der Waals surface area contributed by atoms with E-state index < -0.39 is 5.97 Å². The lowest BCUT2D eigenvalue weighted by molar-refractivity contribution is -0.137. The van der Waals surface area contributed by atoms with Gasteiger partial charge in [0.15, 0.2) is 0 Å². The van der Waals surface area contributed by atoms with Crippen molar-refractivity contribution in [3.05, 3.63) is 29.8 Å². The minimum absolute atomic E-state index is 0.0138. The molecule has 1 unspecified atom stereocenters. The number of carbonyl (C=O) groups is 1. The van der Waals surface area contributed by atoms with Crippen molar-refractivity contribution in [3.8, 4) is 0 Å². The molecule has 0 aliphatic carbocycles. The van der Waals surface area contributed by atoms with Gasteiger partial charge in [-0.15, -0.1) is 0 Å². The fourth-order valence-corrected chi connectivity index (χ4v) is 2.20. The normalized spacial score (nSPS) is 12.9. The Hall–Kier alpha value is -1.49. The topological polar surface area (TPSA) is 53.4 Å². The van der Waals surface area contributed by atoms with Crippen molar-refractivity contribution in [2.75, 3.05) is 6.54 Å². The Bertz CT molecular complexity index is 406. The summed E-state index contributed by atoms with van der Waals surface area (Å²) in [5, 5.41) is 8.81. The molecule has 4 nitrogen and oxygen atoms in total. The van der Waals surface area contributed by atoms with E-state index >= 15 is 0 Å². The van der Waals surface area contributed by atoms with Crippen LogP contribution in [0.2, 0.25) is 0 Å². The molecule has 0 bridgehead atoms. The van der Waals surface area contributed by atoms with Gasteiger partial charge in [-0.25, -0.2) is 4.39 Å². The number of rotatable bonds is 7. The molecular weight excluding hydrogens is 247 g/mol. The van der Waals surface area contributed by atoms with Gasteiger partial charge in [0.1, 0.15) is 5.82 Å². The molecule has 1 atom stereocenters. The summed E-state index contributed by atoms with van der Waals surface area (Å²) in [6.07, 6.45) is 2.10. The molecule has 0 fully saturated rings. The van der Waals surface area contributed by atoms with Gasteiger partial charge in [-0.3, -0.25) is 14.7 Å². The van der Waals surface area contributed by atoms with Crippen LogP contribution in [0.5, 0.6) is 0 Å². The highest BCUT2D eigenvalue weighted by Gasteiger charge is 2.23. The van der Waals surface area contributed by atoms with Crippen molar-refractivity contribution in [1.82, 2.24) is 9.88 Å². The largest absolute Gasteiger partial charge is 0.481 e. The fraction of sp³-hybridized carbons (Fsp3) is 0.571. The Balaban J connectivity index is 2.89. The van der Waals surface area contributed by atoms with Gasteiger partial charge < -0.3 is 5.11 Å². The molecule has 0 amide bonds. The minimum atomic E-state index is -0.812. The number of nitrogens with zero attached hydrogens (tertiary/aromatic N) is 2. The van der Waals surface area contributed by atoms with Crippen LogP contribution < -0.4 is 0 Å². The fourth-order valence-electron chi connectivity index (χ4n) is 2.20. The SMILES string of the molecule is CCC(c1ccc(F)cn1)N(CCC(=O)O)C(C)C. The average Bonchev–Trinajstić information content (AvgIpc) is 2.35. The first-order chi connectivity index (χ1) is 8.95. The second kappa shape index (κ2) is 7.19. The number of carboxylic acid groups (broad SMARTS) is 1. The van der Waals surface area contributed by atoms with E-state index in [1.54, 1.807) is 6.07 Å². The Morgan fingerprint density at radius 1 is 1.47 bits per heavy atom. The number of hydrogen-bond donors (Lipinski definition) is 1. The quantitative estimate of drug-likeness (QED) is 0.826. The summed E-state index contributed by atoms with van der Waals surface area (Å²) in [5.41, 5.74) is 0.781. The predicted octanol–water partition coefficient (Wildman–Crippen LogP) is 2.86. The molecule has 19 heavy (non-hydrogen) atoms. The molecule has 1 rings (SSSR count). The van der Waals surface area contributed by atoms with E-state index in [1.165, 1.54) is 12.3 Å². The molecule has 5 heteroatoms. The van der Waals surface area contributed by atoms with Gasteiger partial charge >= 0.3 is 5.97 Å². The van der Waals surface area contributed by atoms with Gasteiger partial charge in [-0.2, -0.15) is 0 Å².